The van der Waals surface area contributed by atoms with Crippen molar-refractivity contribution in [1.29, 1.82) is 0 Å². The van der Waals surface area contributed by atoms with Gasteiger partial charge in [0.25, 0.3) is 0 Å². The van der Waals surface area contributed by atoms with Gasteiger partial charge in [0, 0.05) is 0 Å². The van der Waals surface area contributed by atoms with Crippen LogP contribution in [-0.4, -0.2) is 39.8 Å². The number of carbonyl (C=O) groups excluding carboxylic acids is 1. The highest BCUT2D eigenvalue weighted by molar-refractivity contribution is 7.92. The highest BCUT2D eigenvalue weighted by Crippen LogP contribution is 2.21. The molecule has 0 fully saturated rings. The number of rotatable bonds is 8. The van der Waals surface area contributed by atoms with E-state index < -0.39 is 27.8 Å². The third kappa shape index (κ3) is 5.96. The van der Waals surface area contributed by atoms with Crippen molar-refractivity contribution in [3.63, 3.8) is 0 Å². The molecule has 1 atom stereocenters. The molecule has 0 radical (unpaired) electrons. The summed E-state index contributed by atoms with van der Waals surface area (Å²) in [6.45, 7) is 3.89. The van der Waals surface area contributed by atoms with Crippen LogP contribution in [0, 0.1) is 12.7 Å². The van der Waals surface area contributed by atoms with E-state index in [0.29, 0.717) is 5.75 Å². The Bertz CT molecular complexity index is 885. The van der Waals surface area contributed by atoms with Gasteiger partial charge in [-0.3, -0.25) is 9.10 Å². The quantitative estimate of drug-likeness (QED) is 0.698. The summed E-state index contributed by atoms with van der Waals surface area (Å²) in [6, 6.07) is 11.5. The Morgan fingerprint density at radius 1 is 1.22 bits per heavy atom. The molecule has 8 heteroatoms. The van der Waals surface area contributed by atoms with Crippen molar-refractivity contribution in [2.45, 2.75) is 19.9 Å². The lowest BCUT2D eigenvalue weighted by atomic mass is 10.2. The fraction of sp³-hybridized carbons (Fsp3) is 0.316. The van der Waals surface area contributed by atoms with E-state index in [1.807, 2.05) is 31.2 Å². The van der Waals surface area contributed by atoms with Crippen LogP contribution in [0.5, 0.6) is 5.75 Å². The fourth-order valence-electron chi connectivity index (χ4n) is 2.59. The molecule has 0 heterocycles. The smallest absolute Gasteiger partial charge is 0.243 e. The minimum absolute atomic E-state index is 0.220. The highest BCUT2D eigenvalue weighted by Gasteiger charge is 2.28. The molecule has 0 aliphatic heterocycles. The summed E-state index contributed by atoms with van der Waals surface area (Å²) in [5, 5.41) is 2.66. The Morgan fingerprint density at radius 3 is 2.48 bits per heavy atom. The van der Waals surface area contributed by atoms with Crippen LogP contribution < -0.4 is 14.4 Å². The van der Waals surface area contributed by atoms with Crippen molar-refractivity contribution in [3.8, 4) is 5.75 Å². The molecule has 146 valence electrons. The number of aryl methyl sites for hydroxylation is 1. The van der Waals surface area contributed by atoms with E-state index in [9.17, 15) is 17.6 Å². The lowest BCUT2D eigenvalue weighted by Crippen LogP contribution is -2.48. The second-order valence-corrected chi connectivity index (χ2v) is 8.03. The molecule has 6 nitrogen and oxygen atoms in total. The van der Waals surface area contributed by atoms with E-state index in [4.69, 9.17) is 4.74 Å². The first-order valence-electron chi connectivity index (χ1n) is 8.40. The number of nitrogens with one attached hydrogen (secondary N) is 1. The maximum Gasteiger partial charge on any atom is 0.243 e. The van der Waals surface area contributed by atoms with E-state index in [1.54, 1.807) is 0 Å². The summed E-state index contributed by atoms with van der Waals surface area (Å²) in [6.07, 6.45) is 1.00. The number of ether oxygens (including phenoxy) is 1. The third-order valence-corrected chi connectivity index (χ3v) is 5.07. The van der Waals surface area contributed by atoms with Crippen molar-refractivity contribution in [2.75, 3.05) is 23.7 Å². The molecule has 0 unspecified atom stereocenters. The van der Waals surface area contributed by atoms with Crippen molar-refractivity contribution in [3.05, 3.63) is 59.9 Å². The van der Waals surface area contributed by atoms with Crippen molar-refractivity contribution in [2.24, 2.45) is 0 Å². The number of sulfonamides is 1. The average molecular weight is 394 g/mol. The average Bonchev–Trinajstić information content (AvgIpc) is 2.59. The number of benzene rings is 2. The molecule has 0 spiro atoms. The van der Waals surface area contributed by atoms with Crippen LogP contribution in [-0.2, 0) is 14.8 Å². The maximum atomic E-state index is 13.1. The van der Waals surface area contributed by atoms with Gasteiger partial charge in [-0.2, -0.15) is 0 Å². The zero-order valence-electron chi connectivity index (χ0n) is 15.5. The molecule has 2 aromatic carbocycles. The molecule has 0 saturated heterocycles. The standard InChI is InChI=1S/C19H23FN2O4S/c1-14-5-4-6-18(13-14)26-12-11-21-19(23)15(2)22(27(3,24)25)17-9-7-16(20)8-10-17/h4-10,13,15H,11-12H2,1-3H3,(H,21,23)/t15-/m0/s1. The van der Waals surface area contributed by atoms with Crippen LogP contribution >= 0.6 is 0 Å². The molecule has 2 aromatic rings. The molecule has 0 aliphatic carbocycles. The molecule has 0 aromatic heterocycles. The molecular formula is C19H23FN2O4S. The molecule has 27 heavy (non-hydrogen) atoms. The maximum absolute atomic E-state index is 13.1. The lowest BCUT2D eigenvalue weighted by Gasteiger charge is -2.28. The van der Waals surface area contributed by atoms with Crippen LogP contribution in [0.1, 0.15) is 12.5 Å². The molecular weight excluding hydrogens is 371 g/mol. The van der Waals surface area contributed by atoms with Crippen LogP contribution in [0.25, 0.3) is 0 Å². The van der Waals surface area contributed by atoms with Gasteiger partial charge in [-0.1, -0.05) is 12.1 Å². The van der Waals surface area contributed by atoms with Crippen molar-refractivity contribution >= 4 is 21.6 Å². The summed E-state index contributed by atoms with van der Waals surface area (Å²) in [5.74, 6) is -0.267. The van der Waals surface area contributed by atoms with Crippen molar-refractivity contribution < 1.29 is 22.3 Å². The number of halogens is 1. The van der Waals surface area contributed by atoms with Crippen LogP contribution in [0.2, 0.25) is 0 Å². The number of carbonyl (C=O) groups is 1. The van der Waals surface area contributed by atoms with Gasteiger partial charge in [-0.15, -0.1) is 0 Å². The lowest BCUT2D eigenvalue weighted by molar-refractivity contribution is -0.121. The van der Waals surface area contributed by atoms with E-state index >= 15 is 0 Å². The number of nitrogens with zero attached hydrogens (tertiary/aromatic N) is 1. The number of hydrogen-bond donors (Lipinski definition) is 1. The minimum Gasteiger partial charge on any atom is -0.492 e. The Kier molecular flexibility index (Phi) is 6.79. The monoisotopic (exact) mass is 394 g/mol. The Balaban J connectivity index is 1.97. The number of amides is 1. The van der Waals surface area contributed by atoms with Gasteiger partial charge in [0.1, 0.15) is 24.2 Å². The number of hydrogen-bond acceptors (Lipinski definition) is 4. The van der Waals surface area contributed by atoms with E-state index in [1.165, 1.54) is 19.1 Å². The Labute approximate surface area is 159 Å². The minimum atomic E-state index is -3.73. The molecule has 0 aliphatic rings. The summed E-state index contributed by atoms with van der Waals surface area (Å²) >= 11 is 0. The zero-order chi connectivity index (χ0) is 20.0. The predicted octanol–water partition coefficient (Wildman–Crippen LogP) is 2.48. The molecule has 2 rings (SSSR count). The van der Waals surface area contributed by atoms with Gasteiger partial charge >= 0.3 is 0 Å². The van der Waals surface area contributed by atoms with Crippen molar-refractivity contribution in [1.82, 2.24) is 5.32 Å². The second-order valence-electron chi connectivity index (χ2n) is 6.17. The fourth-order valence-corrected chi connectivity index (χ4v) is 3.77. The normalized spacial score (nSPS) is 12.3. The summed E-state index contributed by atoms with van der Waals surface area (Å²) in [5.41, 5.74) is 1.28. The van der Waals surface area contributed by atoms with Gasteiger partial charge in [0.05, 0.1) is 18.5 Å². The Morgan fingerprint density at radius 2 is 1.89 bits per heavy atom. The van der Waals surface area contributed by atoms with Crippen LogP contribution in [0.3, 0.4) is 0 Å². The van der Waals surface area contributed by atoms with E-state index in [2.05, 4.69) is 5.32 Å². The van der Waals surface area contributed by atoms with Crippen LogP contribution in [0.4, 0.5) is 10.1 Å². The molecule has 0 bridgehead atoms. The van der Waals surface area contributed by atoms with Gasteiger partial charge < -0.3 is 10.1 Å². The van der Waals surface area contributed by atoms with Gasteiger partial charge in [-0.25, -0.2) is 12.8 Å². The Hall–Kier alpha value is -2.61. The van der Waals surface area contributed by atoms with Crippen LogP contribution in [0.15, 0.2) is 48.5 Å². The van der Waals surface area contributed by atoms with E-state index in [-0.39, 0.29) is 18.8 Å². The molecule has 1 amide bonds. The second kappa shape index (κ2) is 8.85. The van der Waals surface area contributed by atoms with Gasteiger partial charge in [0.2, 0.25) is 15.9 Å². The van der Waals surface area contributed by atoms with Gasteiger partial charge in [0.15, 0.2) is 0 Å². The summed E-state index contributed by atoms with van der Waals surface area (Å²) in [7, 11) is -3.73. The summed E-state index contributed by atoms with van der Waals surface area (Å²) in [4.78, 5) is 12.4. The molecule has 1 N–H and O–H groups in total. The van der Waals surface area contributed by atoms with E-state index in [0.717, 1.165) is 28.3 Å². The summed E-state index contributed by atoms with van der Waals surface area (Å²) < 4.78 is 43.9. The first kappa shape index (κ1) is 20.7. The zero-order valence-corrected chi connectivity index (χ0v) is 16.3. The number of anilines is 1. The third-order valence-electron chi connectivity index (χ3n) is 3.83. The SMILES string of the molecule is Cc1cccc(OCCNC(=O)[C@H](C)N(c2ccc(F)cc2)S(C)(=O)=O)c1. The highest BCUT2D eigenvalue weighted by atomic mass is 32.2. The van der Waals surface area contributed by atoms with Gasteiger partial charge in [-0.05, 0) is 55.8 Å². The first-order chi connectivity index (χ1) is 12.7. The predicted molar refractivity (Wildman–Crippen MR) is 103 cm³/mol. The first-order valence-corrected chi connectivity index (χ1v) is 10.3. The molecule has 0 saturated carbocycles. The largest absolute Gasteiger partial charge is 0.492 e. The topological polar surface area (TPSA) is 75.7 Å².